The maximum Gasteiger partial charge on any atom is 0.123 e. The van der Waals surface area contributed by atoms with E-state index in [1.165, 1.54) is 12.1 Å². The molecule has 0 fully saturated rings. The molecular formula is C17H28FNO2. The van der Waals surface area contributed by atoms with Crippen molar-refractivity contribution < 1.29 is 14.2 Å². The highest BCUT2D eigenvalue weighted by Crippen LogP contribution is 2.21. The second-order valence-electron chi connectivity index (χ2n) is 5.95. The van der Waals surface area contributed by atoms with Crippen LogP contribution in [0.15, 0.2) is 18.2 Å². The lowest BCUT2D eigenvalue weighted by atomic mass is 9.90. The number of aryl methyl sites for hydroxylation is 1. The summed E-state index contributed by atoms with van der Waals surface area (Å²) in [6, 6.07) is 4.88. The minimum absolute atomic E-state index is 0.122. The van der Waals surface area contributed by atoms with Crippen molar-refractivity contribution in [2.75, 3.05) is 13.2 Å². The van der Waals surface area contributed by atoms with Crippen molar-refractivity contribution in [3.05, 3.63) is 29.6 Å². The Bertz CT molecular complexity index is 431. The fourth-order valence-electron chi connectivity index (χ4n) is 2.57. The first-order chi connectivity index (χ1) is 9.92. The van der Waals surface area contributed by atoms with Crippen molar-refractivity contribution in [1.82, 2.24) is 5.32 Å². The van der Waals surface area contributed by atoms with Crippen LogP contribution in [0, 0.1) is 12.7 Å². The van der Waals surface area contributed by atoms with Crippen LogP contribution in [-0.4, -0.2) is 29.9 Å². The van der Waals surface area contributed by atoms with Gasteiger partial charge in [0.2, 0.25) is 0 Å². The molecule has 1 unspecified atom stereocenters. The average Bonchev–Trinajstić information content (AvgIpc) is 2.43. The van der Waals surface area contributed by atoms with E-state index in [0.29, 0.717) is 12.6 Å². The molecule has 21 heavy (non-hydrogen) atoms. The quantitative estimate of drug-likeness (QED) is 0.686. The van der Waals surface area contributed by atoms with Crippen LogP contribution < -0.4 is 10.1 Å². The molecule has 1 rings (SSSR count). The van der Waals surface area contributed by atoms with Crippen molar-refractivity contribution in [2.24, 2.45) is 0 Å². The molecule has 1 aromatic carbocycles. The van der Waals surface area contributed by atoms with Crippen molar-refractivity contribution in [1.29, 1.82) is 0 Å². The Morgan fingerprint density at radius 2 is 2.10 bits per heavy atom. The zero-order valence-corrected chi connectivity index (χ0v) is 13.6. The minimum Gasteiger partial charge on any atom is -0.493 e. The highest BCUT2D eigenvalue weighted by molar-refractivity contribution is 5.32. The lowest BCUT2D eigenvalue weighted by Crippen LogP contribution is -2.51. The van der Waals surface area contributed by atoms with E-state index in [0.717, 1.165) is 30.6 Å². The Morgan fingerprint density at radius 1 is 1.38 bits per heavy atom. The Kier molecular flexibility index (Phi) is 7.12. The van der Waals surface area contributed by atoms with Gasteiger partial charge in [0.1, 0.15) is 11.6 Å². The zero-order valence-electron chi connectivity index (χ0n) is 13.6. The first kappa shape index (κ1) is 17.9. The molecule has 0 saturated heterocycles. The summed E-state index contributed by atoms with van der Waals surface area (Å²) in [7, 11) is 0. The molecule has 3 nitrogen and oxygen atoms in total. The summed E-state index contributed by atoms with van der Waals surface area (Å²) in [4.78, 5) is 0. The molecule has 0 aromatic heterocycles. The molecule has 0 radical (unpaired) electrons. The van der Waals surface area contributed by atoms with Crippen molar-refractivity contribution in [2.45, 2.75) is 58.5 Å². The Morgan fingerprint density at radius 3 is 2.62 bits per heavy atom. The van der Waals surface area contributed by atoms with Crippen LogP contribution in [0.25, 0.3) is 0 Å². The standard InChI is InChI=1S/C17H28FNO2/c1-5-17(12-20,19-13(2)3)9-6-10-21-16-8-7-15(18)11-14(16)4/h7-8,11,13,19-20H,5-6,9-10,12H2,1-4H3. The van der Waals surface area contributed by atoms with E-state index >= 15 is 0 Å². The van der Waals surface area contributed by atoms with E-state index in [1.807, 2.05) is 6.92 Å². The number of ether oxygens (including phenoxy) is 1. The number of aliphatic hydroxyl groups excluding tert-OH is 1. The third-order valence-electron chi connectivity index (χ3n) is 3.77. The molecule has 0 aliphatic rings. The van der Waals surface area contributed by atoms with Crippen molar-refractivity contribution in [3.8, 4) is 5.75 Å². The number of rotatable bonds is 9. The lowest BCUT2D eigenvalue weighted by molar-refractivity contribution is 0.129. The molecule has 0 saturated carbocycles. The molecule has 4 heteroatoms. The van der Waals surface area contributed by atoms with Crippen LogP contribution in [0.5, 0.6) is 5.75 Å². The molecule has 1 atom stereocenters. The molecule has 0 spiro atoms. The fourth-order valence-corrected chi connectivity index (χ4v) is 2.57. The summed E-state index contributed by atoms with van der Waals surface area (Å²) in [5, 5.41) is 13.1. The van der Waals surface area contributed by atoms with Gasteiger partial charge in [-0.1, -0.05) is 20.8 Å². The van der Waals surface area contributed by atoms with Gasteiger partial charge in [-0.2, -0.15) is 0 Å². The van der Waals surface area contributed by atoms with Gasteiger partial charge in [0.05, 0.1) is 13.2 Å². The summed E-state index contributed by atoms with van der Waals surface area (Å²) in [5.41, 5.74) is 0.564. The maximum absolute atomic E-state index is 13.0. The summed E-state index contributed by atoms with van der Waals surface area (Å²) < 4.78 is 18.7. The fraction of sp³-hybridized carbons (Fsp3) is 0.647. The van der Waals surface area contributed by atoms with Gasteiger partial charge < -0.3 is 15.2 Å². The average molecular weight is 297 g/mol. The van der Waals surface area contributed by atoms with Gasteiger partial charge in [-0.05, 0) is 49.9 Å². The highest BCUT2D eigenvalue weighted by atomic mass is 19.1. The monoisotopic (exact) mass is 297 g/mol. The first-order valence-corrected chi connectivity index (χ1v) is 7.70. The Hall–Kier alpha value is -1.13. The second-order valence-corrected chi connectivity index (χ2v) is 5.95. The van der Waals surface area contributed by atoms with E-state index in [2.05, 4.69) is 26.1 Å². The predicted molar refractivity (Wildman–Crippen MR) is 84.2 cm³/mol. The SMILES string of the molecule is CCC(CO)(CCCOc1ccc(F)cc1C)NC(C)C. The molecule has 0 heterocycles. The Labute approximate surface area is 127 Å². The summed E-state index contributed by atoms with van der Waals surface area (Å²) in [6.45, 7) is 8.77. The highest BCUT2D eigenvalue weighted by Gasteiger charge is 2.27. The normalized spacial score (nSPS) is 14.2. The molecule has 120 valence electrons. The largest absolute Gasteiger partial charge is 0.493 e. The summed E-state index contributed by atoms with van der Waals surface area (Å²) in [6.07, 6.45) is 2.56. The number of halogens is 1. The van der Waals surface area contributed by atoms with E-state index in [-0.39, 0.29) is 18.0 Å². The molecule has 0 bridgehead atoms. The van der Waals surface area contributed by atoms with E-state index in [4.69, 9.17) is 4.74 Å². The molecule has 1 aromatic rings. The predicted octanol–water partition coefficient (Wildman–Crippen LogP) is 3.43. The molecule has 0 aliphatic heterocycles. The number of nitrogens with one attached hydrogen (secondary N) is 1. The maximum atomic E-state index is 13.0. The van der Waals surface area contributed by atoms with E-state index < -0.39 is 0 Å². The minimum atomic E-state index is -0.244. The second kappa shape index (κ2) is 8.35. The van der Waals surface area contributed by atoms with E-state index in [1.54, 1.807) is 6.07 Å². The van der Waals surface area contributed by atoms with Gasteiger partial charge in [0.25, 0.3) is 0 Å². The van der Waals surface area contributed by atoms with Gasteiger partial charge >= 0.3 is 0 Å². The van der Waals surface area contributed by atoms with Gasteiger partial charge in [-0.25, -0.2) is 4.39 Å². The van der Waals surface area contributed by atoms with Crippen LogP contribution >= 0.6 is 0 Å². The Balaban J connectivity index is 2.47. The summed E-state index contributed by atoms with van der Waals surface area (Å²) >= 11 is 0. The van der Waals surface area contributed by atoms with Crippen molar-refractivity contribution >= 4 is 0 Å². The molecular weight excluding hydrogens is 269 g/mol. The van der Waals surface area contributed by atoms with Gasteiger partial charge in [0.15, 0.2) is 0 Å². The van der Waals surface area contributed by atoms with Gasteiger partial charge in [-0.15, -0.1) is 0 Å². The van der Waals surface area contributed by atoms with Gasteiger partial charge in [-0.3, -0.25) is 0 Å². The lowest BCUT2D eigenvalue weighted by Gasteiger charge is -2.34. The third kappa shape index (κ3) is 5.64. The van der Waals surface area contributed by atoms with Crippen LogP contribution in [-0.2, 0) is 0 Å². The summed E-state index contributed by atoms with van der Waals surface area (Å²) in [5.74, 6) is 0.477. The molecule has 0 amide bonds. The smallest absolute Gasteiger partial charge is 0.123 e. The first-order valence-electron chi connectivity index (χ1n) is 7.70. The number of hydrogen-bond donors (Lipinski definition) is 2. The zero-order chi connectivity index (χ0) is 15.9. The number of aliphatic hydroxyl groups is 1. The van der Waals surface area contributed by atoms with Crippen LogP contribution in [0.4, 0.5) is 4.39 Å². The van der Waals surface area contributed by atoms with E-state index in [9.17, 15) is 9.50 Å². The number of benzene rings is 1. The number of hydrogen-bond acceptors (Lipinski definition) is 3. The van der Waals surface area contributed by atoms with Crippen LogP contribution in [0.3, 0.4) is 0 Å². The van der Waals surface area contributed by atoms with Gasteiger partial charge in [0, 0.05) is 11.6 Å². The molecule has 0 aliphatic carbocycles. The van der Waals surface area contributed by atoms with Crippen LogP contribution in [0.2, 0.25) is 0 Å². The topological polar surface area (TPSA) is 41.5 Å². The third-order valence-corrected chi connectivity index (χ3v) is 3.77. The van der Waals surface area contributed by atoms with Crippen LogP contribution in [0.1, 0.15) is 45.6 Å². The molecule has 2 N–H and O–H groups in total. The van der Waals surface area contributed by atoms with Crippen molar-refractivity contribution in [3.63, 3.8) is 0 Å².